The van der Waals surface area contributed by atoms with Crippen LogP contribution in [0, 0.1) is 13.3 Å². The zero-order valence-corrected chi connectivity index (χ0v) is 18.8. The molecule has 0 spiro atoms. The van der Waals surface area contributed by atoms with Crippen LogP contribution in [0.1, 0.15) is 44.7 Å². The van der Waals surface area contributed by atoms with Crippen molar-refractivity contribution in [2.45, 2.75) is 45.1 Å². The Hall–Kier alpha value is -2.20. The lowest BCUT2D eigenvalue weighted by molar-refractivity contribution is -0.149. The van der Waals surface area contributed by atoms with Crippen molar-refractivity contribution in [3.8, 4) is 11.5 Å². The molecule has 2 rings (SSSR count). The zero-order valence-electron chi connectivity index (χ0n) is 18.0. The summed E-state index contributed by atoms with van der Waals surface area (Å²) in [5.41, 5.74) is 2.18. The number of benzene rings is 2. The Bertz CT molecular complexity index is 769. The molecule has 0 aliphatic heterocycles. The maximum atomic E-state index is 11.6. The third-order valence-corrected chi connectivity index (χ3v) is 5.22. The van der Waals surface area contributed by atoms with Gasteiger partial charge in [-0.2, -0.15) is 0 Å². The van der Waals surface area contributed by atoms with Crippen molar-refractivity contribution < 1.29 is 19.0 Å². The van der Waals surface area contributed by atoms with Crippen molar-refractivity contribution in [2.24, 2.45) is 0 Å². The number of esters is 1. The molecule has 0 fully saturated rings. The molecule has 0 N–H and O–H groups in total. The Morgan fingerprint density at radius 3 is 2.03 bits per heavy atom. The number of alkyl halides is 1. The van der Waals surface area contributed by atoms with E-state index < -0.39 is 6.10 Å². The van der Waals surface area contributed by atoms with Crippen LogP contribution in [0.3, 0.4) is 0 Å². The van der Waals surface area contributed by atoms with E-state index in [1.165, 1.54) is 5.56 Å². The van der Waals surface area contributed by atoms with Crippen molar-refractivity contribution in [3.05, 3.63) is 73.0 Å². The summed E-state index contributed by atoms with van der Waals surface area (Å²) in [5.74, 6) is 1.49. The van der Waals surface area contributed by atoms with Crippen molar-refractivity contribution >= 4 is 17.6 Å². The lowest BCUT2D eigenvalue weighted by atomic mass is 9.78. The molecule has 2 radical (unpaired) electrons. The molecule has 1 atom stereocenters. The first-order valence-corrected chi connectivity index (χ1v) is 10.8. The van der Waals surface area contributed by atoms with Gasteiger partial charge in [0.05, 0.1) is 12.5 Å². The highest BCUT2D eigenvalue weighted by Crippen LogP contribution is 2.33. The van der Waals surface area contributed by atoms with E-state index in [4.69, 9.17) is 25.8 Å². The Kier molecular flexibility index (Phi) is 9.51. The minimum absolute atomic E-state index is 0.177. The quantitative estimate of drug-likeness (QED) is 0.317. The van der Waals surface area contributed by atoms with Gasteiger partial charge >= 0.3 is 5.97 Å². The maximum Gasteiger partial charge on any atom is 0.306 e. The molecule has 4 nitrogen and oxygen atoms in total. The van der Waals surface area contributed by atoms with Crippen LogP contribution in [0.5, 0.6) is 11.5 Å². The number of ether oxygens (including phenoxy) is 3. The van der Waals surface area contributed by atoms with E-state index in [9.17, 15) is 4.79 Å². The van der Waals surface area contributed by atoms with E-state index in [0.29, 0.717) is 18.8 Å². The Balaban J connectivity index is 1.99. The number of halogens is 1. The van der Waals surface area contributed by atoms with E-state index in [1.807, 2.05) is 31.2 Å². The fourth-order valence-electron chi connectivity index (χ4n) is 3.01. The molecule has 0 aromatic heterocycles. The molecule has 2 aromatic rings. The topological polar surface area (TPSA) is 44.8 Å². The second-order valence-corrected chi connectivity index (χ2v) is 7.91. The van der Waals surface area contributed by atoms with Gasteiger partial charge in [0.15, 0.2) is 0 Å². The second kappa shape index (κ2) is 11.8. The van der Waals surface area contributed by atoms with Crippen molar-refractivity contribution in [3.63, 3.8) is 0 Å². The van der Waals surface area contributed by atoms with Gasteiger partial charge in [-0.3, -0.25) is 4.79 Å². The standard InChI is InChI=1S/C25H31ClO4/c1-5-7-24(27)30-23(17-26)18-29-22-14-10-20(11-15-22)25(3,4)19-8-12-21(13-9-19)28-16-6-2/h6,8-15,23H,2,5,7,16-18H2,1,3-4H3/t23-/m1/s1. The molecule has 162 valence electrons. The van der Waals surface area contributed by atoms with Gasteiger partial charge in [-0.05, 0) is 55.2 Å². The van der Waals surface area contributed by atoms with Crippen LogP contribution in [-0.2, 0) is 14.9 Å². The van der Waals surface area contributed by atoms with E-state index in [1.54, 1.807) is 6.42 Å². The first-order valence-electron chi connectivity index (χ1n) is 10.2. The van der Waals surface area contributed by atoms with Gasteiger partial charge in [0.2, 0.25) is 0 Å². The van der Waals surface area contributed by atoms with E-state index in [2.05, 4.69) is 45.0 Å². The fourth-order valence-corrected chi connectivity index (χ4v) is 3.16. The van der Waals surface area contributed by atoms with Gasteiger partial charge in [0.1, 0.15) is 24.2 Å². The molecule has 5 heteroatoms. The van der Waals surface area contributed by atoms with Gasteiger partial charge in [-0.15, -0.1) is 11.6 Å². The van der Waals surface area contributed by atoms with E-state index in [-0.39, 0.29) is 23.9 Å². The lowest BCUT2D eigenvalue weighted by Crippen LogP contribution is -2.26. The molecule has 0 saturated carbocycles. The smallest absolute Gasteiger partial charge is 0.306 e. The second-order valence-electron chi connectivity index (χ2n) is 7.60. The first-order chi connectivity index (χ1) is 14.4. The SMILES string of the molecule is [CH2][CH]COc1ccc(C(C)(C)c2ccc(OC[C@@H](CCl)OC(=O)CCC)cc2)cc1. The summed E-state index contributed by atoms with van der Waals surface area (Å²) < 4.78 is 16.7. The fraction of sp³-hybridized carbons (Fsp3) is 0.400. The van der Waals surface area contributed by atoms with Crippen molar-refractivity contribution in [1.29, 1.82) is 0 Å². The summed E-state index contributed by atoms with van der Waals surface area (Å²) in [6.07, 6.45) is 2.41. The van der Waals surface area contributed by atoms with Crippen LogP contribution in [0.15, 0.2) is 48.5 Å². The van der Waals surface area contributed by atoms with Crippen LogP contribution < -0.4 is 9.47 Å². The van der Waals surface area contributed by atoms with Crippen LogP contribution in [0.25, 0.3) is 0 Å². The number of carbonyl (C=O) groups is 1. The van der Waals surface area contributed by atoms with Gasteiger partial charge < -0.3 is 14.2 Å². The molecule has 2 aromatic carbocycles. The highest BCUT2D eigenvalue weighted by molar-refractivity contribution is 6.18. The monoisotopic (exact) mass is 430 g/mol. The lowest BCUT2D eigenvalue weighted by Gasteiger charge is -2.26. The Labute approximate surface area is 185 Å². The molecule has 0 bridgehead atoms. The molecule has 0 unspecified atom stereocenters. The molecular weight excluding hydrogens is 400 g/mol. The summed E-state index contributed by atoms with van der Waals surface area (Å²) >= 11 is 5.90. The average Bonchev–Trinajstić information content (AvgIpc) is 2.76. The third-order valence-electron chi connectivity index (χ3n) is 4.88. The summed E-state index contributed by atoms with van der Waals surface area (Å²) in [4.78, 5) is 11.6. The molecule has 0 heterocycles. The highest BCUT2D eigenvalue weighted by atomic mass is 35.5. The van der Waals surface area contributed by atoms with E-state index >= 15 is 0 Å². The largest absolute Gasteiger partial charge is 0.493 e. The first kappa shape index (κ1) is 24.1. The van der Waals surface area contributed by atoms with E-state index in [0.717, 1.165) is 17.7 Å². The number of rotatable bonds is 12. The minimum Gasteiger partial charge on any atom is -0.493 e. The van der Waals surface area contributed by atoms with Crippen molar-refractivity contribution in [1.82, 2.24) is 0 Å². The Morgan fingerprint density at radius 2 is 1.57 bits per heavy atom. The Morgan fingerprint density at radius 1 is 1.03 bits per heavy atom. The molecule has 0 saturated heterocycles. The predicted molar refractivity (Wildman–Crippen MR) is 121 cm³/mol. The molecule has 30 heavy (non-hydrogen) atoms. The van der Waals surface area contributed by atoms with Gasteiger partial charge in [-0.25, -0.2) is 0 Å². The van der Waals surface area contributed by atoms with Crippen LogP contribution in [0.4, 0.5) is 0 Å². The summed E-state index contributed by atoms with van der Waals surface area (Å²) in [6.45, 7) is 10.7. The third kappa shape index (κ3) is 6.94. The maximum absolute atomic E-state index is 11.6. The summed E-state index contributed by atoms with van der Waals surface area (Å²) in [7, 11) is 0. The zero-order chi connectivity index (χ0) is 22.0. The van der Waals surface area contributed by atoms with Crippen LogP contribution in [-0.4, -0.2) is 31.2 Å². The minimum atomic E-state index is -0.455. The van der Waals surface area contributed by atoms with Gasteiger partial charge in [-0.1, -0.05) is 45.0 Å². The highest BCUT2D eigenvalue weighted by Gasteiger charge is 2.23. The normalized spacial score (nSPS) is 12.3. The van der Waals surface area contributed by atoms with Gasteiger partial charge in [0.25, 0.3) is 0 Å². The summed E-state index contributed by atoms with van der Waals surface area (Å²) in [5, 5.41) is 0. The average molecular weight is 431 g/mol. The molecule has 0 amide bonds. The number of carbonyl (C=O) groups excluding carboxylic acids is 1. The summed E-state index contributed by atoms with van der Waals surface area (Å²) in [6, 6.07) is 16.1. The number of hydrogen-bond donors (Lipinski definition) is 0. The molecule has 0 aliphatic rings. The van der Waals surface area contributed by atoms with Crippen LogP contribution >= 0.6 is 11.6 Å². The number of hydrogen-bond acceptors (Lipinski definition) is 4. The van der Waals surface area contributed by atoms with Gasteiger partial charge in [0, 0.05) is 11.8 Å². The predicted octanol–water partition coefficient (Wildman–Crippen LogP) is 5.76. The van der Waals surface area contributed by atoms with Crippen molar-refractivity contribution in [2.75, 3.05) is 19.1 Å². The van der Waals surface area contributed by atoms with Crippen LogP contribution in [0.2, 0.25) is 0 Å². The molecule has 0 aliphatic carbocycles. The molecular formula is C25H31ClO4.